The van der Waals surface area contributed by atoms with E-state index in [9.17, 15) is 22.8 Å². The van der Waals surface area contributed by atoms with Gasteiger partial charge in [0.15, 0.2) is 5.78 Å². The Morgan fingerprint density at radius 2 is 2.03 bits per heavy atom. The average Bonchev–Trinajstić information content (AvgIpc) is 3.20. The lowest BCUT2D eigenvalue weighted by atomic mass is 9.84. The SMILES string of the molecule is COc1cc(C2C[C@H](C)n3ncc(NC(=O)c4ccccn4)c3C2=O)ccc1C(F)(F)F. The predicted molar refractivity (Wildman–Crippen MR) is 109 cm³/mol. The van der Waals surface area contributed by atoms with Crippen LogP contribution >= 0.6 is 0 Å². The largest absolute Gasteiger partial charge is 0.496 e. The molecule has 10 heteroatoms. The summed E-state index contributed by atoms with van der Waals surface area (Å²) in [4.78, 5) is 29.8. The minimum atomic E-state index is -4.57. The molecule has 1 amide bonds. The highest BCUT2D eigenvalue weighted by Crippen LogP contribution is 2.42. The summed E-state index contributed by atoms with van der Waals surface area (Å²) in [6.07, 6.45) is -1.37. The fourth-order valence-corrected chi connectivity index (χ4v) is 3.88. The molecule has 1 aliphatic rings. The molecule has 32 heavy (non-hydrogen) atoms. The van der Waals surface area contributed by atoms with E-state index in [2.05, 4.69) is 15.4 Å². The number of fused-ring (bicyclic) bond motifs is 1. The second-order valence-corrected chi connectivity index (χ2v) is 7.48. The molecule has 0 radical (unpaired) electrons. The molecule has 7 nitrogen and oxygen atoms in total. The van der Waals surface area contributed by atoms with Gasteiger partial charge in [-0.1, -0.05) is 12.1 Å². The molecule has 2 aromatic heterocycles. The van der Waals surface area contributed by atoms with Crippen molar-refractivity contribution >= 4 is 17.4 Å². The first-order valence-electron chi connectivity index (χ1n) is 9.80. The Labute approximate surface area is 181 Å². The van der Waals surface area contributed by atoms with E-state index in [4.69, 9.17) is 4.74 Å². The Bertz CT molecular complexity index is 1170. The van der Waals surface area contributed by atoms with Crippen molar-refractivity contribution in [3.63, 3.8) is 0 Å². The van der Waals surface area contributed by atoms with Crippen LogP contribution in [0.4, 0.5) is 18.9 Å². The Morgan fingerprint density at radius 3 is 2.69 bits per heavy atom. The van der Waals surface area contributed by atoms with E-state index in [1.54, 1.807) is 12.1 Å². The van der Waals surface area contributed by atoms with Crippen LogP contribution in [0.3, 0.4) is 0 Å². The van der Waals surface area contributed by atoms with Crippen LogP contribution in [-0.4, -0.2) is 33.6 Å². The van der Waals surface area contributed by atoms with E-state index < -0.39 is 23.6 Å². The number of Topliss-reactive ketones (excluding diaryl/α,β-unsaturated/α-hetero) is 1. The van der Waals surface area contributed by atoms with Gasteiger partial charge in [-0.05, 0) is 43.2 Å². The molecule has 4 rings (SSSR count). The third-order valence-corrected chi connectivity index (χ3v) is 5.42. The second kappa shape index (κ2) is 8.10. The highest BCUT2D eigenvalue weighted by molar-refractivity contribution is 6.10. The van der Waals surface area contributed by atoms with Crippen LogP contribution < -0.4 is 10.1 Å². The van der Waals surface area contributed by atoms with E-state index in [1.165, 1.54) is 35.3 Å². The van der Waals surface area contributed by atoms with Gasteiger partial charge in [0.2, 0.25) is 0 Å². The molecular weight excluding hydrogens is 425 g/mol. The first-order valence-corrected chi connectivity index (χ1v) is 9.80. The molecule has 1 unspecified atom stereocenters. The number of alkyl halides is 3. The molecule has 2 atom stereocenters. The number of methoxy groups -OCH3 is 1. The summed E-state index contributed by atoms with van der Waals surface area (Å²) in [7, 11) is 1.15. The van der Waals surface area contributed by atoms with Gasteiger partial charge in [0.25, 0.3) is 5.91 Å². The van der Waals surface area contributed by atoms with Crippen molar-refractivity contribution in [1.82, 2.24) is 14.8 Å². The van der Waals surface area contributed by atoms with Crippen molar-refractivity contribution in [3.05, 3.63) is 71.3 Å². The van der Waals surface area contributed by atoms with Gasteiger partial charge in [0.05, 0.1) is 36.5 Å². The smallest absolute Gasteiger partial charge is 0.419 e. The summed E-state index contributed by atoms with van der Waals surface area (Å²) in [5, 5.41) is 6.89. The van der Waals surface area contributed by atoms with E-state index in [0.29, 0.717) is 12.0 Å². The first-order chi connectivity index (χ1) is 15.2. The highest BCUT2D eigenvalue weighted by atomic mass is 19.4. The minimum absolute atomic E-state index is 0.174. The van der Waals surface area contributed by atoms with Crippen molar-refractivity contribution in [3.8, 4) is 5.75 Å². The van der Waals surface area contributed by atoms with Gasteiger partial charge in [0.1, 0.15) is 17.1 Å². The minimum Gasteiger partial charge on any atom is -0.496 e. The normalized spacial score (nSPS) is 18.2. The highest BCUT2D eigenvalue weighted by Gasteiger charge is 2.38. The number of halogens is 3. The van der Waals surface area contributed by atoms with Gasteiger partial charge in [-0.25, -0.2) is 0 Å². The van der Waals surface area contributed by atoms with Crippen LogP contribution in [0, 0.1) is 0 Å². The third-order valence-electron chi connectivity index (χ3n) is 5.42. The van der Waals surface area contributed by atoms with Gasteiger partial charge in [-0.15, -0.1) is 0 Å². The molecule has 1 N–H and O–H groups in total. The predicted octanol–water partition coefficient (Wildman–Crippen LogP) is 4.49. The summed E-state index contributed by atoms with van der Waals surface area (Å²) in [6, 6.07) is 8.11. The number of carbonyl (C=O) groups is 2. The number of nitrogens with zero attached hydrogens (tertiary/aromatic N) is 3. The van der Waals surface area contributed by atoms with Gasteiger partial charge < -0.3 is 10.1 Å². The van der Waals surface area contributed by atoms with Crippen LogP contribution in [0.25, 0.3) is 0 Å². The maximum atomic E-state index is 13.4. The Morgan fingerprint density at radius 1 is 1.25 bits per heavy atom. The van der Waals surface area contributed by atoms with Crippen molar-refractivity contribution in [1.29, 1.82) is 0 Å². The lowest BCUT2D eigenvalue weighted by Gasteiger charge is -2.28. The van der Waals surface area contributed by atoms with Crippen molar-refractivity contribution in [2.24, 2.45) is 0 Å². The molecular formula is C22H19F3N4O3. The number of rotatable bonds is 4. The summed E-state index contributed by atoms with van der Waals surface area (Å²) >= 11 is 0. The molecule has 0 saturated carbocycles. The third kappa shape index (κ3) is 3.83. The number of hydrogen-bond acceptors (Lipinski definition) is 5. The number of pyridine rings is 1. The molecule has 0 aliphatic carbocycles. The number of benzene rings is 1. The molecule has 0 bridgehead atoms. The zero-order chi connectivity index (χ0) is 23.0. The summed E-state index contributed by atoms with van der Waals surface area (Å²) in [5.74, 6) is -1.91. The molecule has 0 fully saturated rings. The van der Waals surface area contributed by atoms with Crippen molar-refractivity contribution < 1.29 is 27.5 Å². The fourth-order valence-electron chi connectivity index (χ4n) is 3.88. The number of carbonyl (C=O) groups excluding carboxylic acids is 2. The lowest BCUT2D eigenvalue weighted by Crippen LogP contribution is -2.29. The zero-order valence-corrected chi connectivity index (χ0v) is 17.2. The monoisotopic (exact) mass is 444 g/mol. The van der Waals surface area contributed by atoms with E-state index in [1.807, 2.05) is 6.92 Å². The van der Waals surface area contributed by atoms with Crippen molar-refractivity contribution in [2.45, 2.75) is 31.5 Å². The number of ketones is 1. The van der Waals surface area contributed by atoms with Crippen LogP contribution in [0.2, 0.25) is 0 Å². The molecule has 0 saturated heterocycles. The average molecular weight is 444 g/mol. The molecule has 1 aromatic carbocycles. The fraction of sp³-hybridized carbons (Fsp3) is 0.273. The van der Waals surface area contributed by atoms with E-state index in [-0.39, 0.29) is 34.6 Å². The number of aromatic nitrogens is 3. The summed E-state index contributed by atoms with van der Waals surface area (Å²) in [6.45, 7) is 1.85. The van der Waals surface area contributed by atoms with Gasteiger partial charge in [0, 0.05) is 6.20 Å². The molecule has 1 aliphatic heterocycles. The molecule has 166 valence electrons. The summed E-state index contributed by atoms with van der Waals surface area (Å²) in [5.41, 5.74) is 0.0836. The number of ether oxygens (including phenoxy) is 1. The summed E-state index contributed by atoms with van der Waals surface area (Å²) < 4.78 is 46.1. The number of amides is 1. The van der Waals surface area contributed by atoms with E-state index >= 15 is 0 Å². The second-order valence-electron chi connectivity index (χ2n) is 7.48. The number of anilines is 1. The maximum Gasteiger partial charge on any atom is 0.419 e. The van der Waals surface area contributed by atoms with Crippen LogP contribution in [0.5, 0.6) is 5.75 Å². The van der Waals surface area contributed by atoms with Gasteiger partial charge >= 0.3 is 6.18 Å². The molecule has 3 heterocycles. The topological polar surface area (TPSA) is 86.1 Å². The number of nitrogens with one attached hydrogen (secondary N) is 1. The Balaban J connectivity index is 1.68. The lowest BCUT2D eigenvalue weighted by molar-refractivity contribution is -0.138. The molecule has 0 spiro atoms. The van der Waals surface area contributed by atoms with E-state index in [0.717, 1.165) is 13.2 Å². The zero-order valence-electron chi connectivity index (χ0n) is 17.2. The van der Waals surface area contributed by atoms with Gasteiger partial charge in [-0.2, -0.15) is 18.3 Å². The Hall–Kier alpha value is -3.69. The Kier molecular flexibility index (Phi) is 5.45. The number of hydrogen-bond donors (Lipinski definition) is 1. The van der Waals surface area contributed by atoms with Crippen molar-refractivity contribution in [2.75, 3.05) is 12.4 Å². The van der Waals surface area contributed by atoms with Crippen LogP contribution in [-0.2, 0) is 6.18 Å². The maximum absolute atomic E-state index is 13.4. The van der Waals surface area contributed by atoms with Gasteiger partial charge in [-0.3, -0.25) is 19.3 Å². The molecule has 3 aromatic rings. The quantitative estimate of drug-likeness (QED) is 0.641. The standard InChI is InChI=1S/C22H19F3N4O3/c1-12-9-14(13-6-7-15(22(23,24)25)18(10-13)32-2)20(30)19-17(11-27-29(12)19)28-21(31)16-5-3-4-8-26-16/h3-8,10-12,14H,9H2,1-2H3,(H,28,31)/t12-,14?/m0/s1. The first kappa shape index (κ1) is 21.5. The van der Waals surface area contributed by atoms with Crippen LogP contribution in [0.1, 0.15) is 57.4 Å². The van der Waals surface area contributed by atoms with Crippen LogP contribution in [0.15, 0.2) is 48.8 Å².